The second-order valence-electron chi connectivity index (χ2n) is 6.31. The van der Waals surface area contributed by atoms with Gasteiger partial charge in [0.15, 0.2) is 5.82 Å². The van der Waals surface area contributed by atoms with Gasteiger partial charge >= 0.3 is 0 Å². The van der Waals surface area contributed by atoms with Crippen LogP contribution >= 0.6 is 0 Å². The topological polar surface area (TPSA) is 71.2 Å². The van der Waals surface area contributed by atoms with Gasteiger partial charge in [0.25, 0.3) is 0 Å². The van der Waals surface area contributed by atoms with E-state index in [9.17, 15) is 0 Å². The fraction of sp³-hybridized carbons (Fsp3) is 0.300. The standard InChI is InChI=1S/C20H21N3O2/c24-13-16-10-9-15(25-16)11-21-18-7-4-8-19-17(18)12-22-20(23-19)14-5-2-1-3-6-14/h1-3,5-6,9-10,12,18,21,24H,4,7-8,11,13H2. The Bertz CT molecular complexity index is 845. The second-order valence-corrected chi connectivity index (χ2v) is 6.31. The molecule has 3 aromatic rings. The van der Waals surface area contributed by atoms with E-state index in [1.54, 1.807) is 6.07 Å². The minimum atomic E-state index is -0.0671. The number of nitrogens with zero attached hydrogens (tertiary/aromatic N) is 2. The first kappa shape index (κ1) is 16.0. The number of rotatable bonds is 5. The van der Waals surface area contributed by atoms with Gasteiger partial charge in [-0.25, -0.2) is 9.97 Å². The zero-order valence-electron chi connectivity index (χ0n) is 14.0. The summed E-state index contributed by atoms with van der Waals surface area (Å²) in [5.74, 6) is 2.22. The second kappa shape index (κ2) is 7.17. The van der Waals surface area contributed by atoms with Gasteiger partial charge in [-0.2, -0.15) is 0 Å². The Morgan fingerprint density at radius 2 is 1.96 bits per heavy atom. The Hall–Kier alpha value is -2.50. The van der Waals surface area contributed by atoms with E-state index < -0.39 is 0 Å². The number of aromatic nitrogens is 2. The maximum Gasteiger partial charge on any atom is 0.159 e. The molecule has 1 unspecified atom stereocenters. The predicted molar refractivity (Wildman–Crippen MR) is 94.6 cm³/mol. The average Bonchev–Trinajstić information content (AvgIpc) is 3.14. The van der Waals surface area contributed by atoms with Gasteiger partial charge in [0.1, 0.15) is 18.1 Å². The molecular formula is C20H21N3O2. The van der Waals surface area contributed by atoms with E-state index >= 15 is 0 Å². The lowest BCUT2D eigenvalue weighted by molar-refractivity contribution is 0.242. The molecule has 0 saturated heterocycles. The first-order valence-electron chi connectivity index (χ1n) is 8.66. The zero-order valence-corrected chi connectivity index (χ0v) is 14.0. The molecule has 0 saturated carbocycles. The van der Waals surface area contributed by atoms with Crippen molar-refractivity contribution in [2.24, 2.45) is 0 Å². The van der Waals surface area contributed by atoms with Crippen molar-refractivity contribution in [1.29, 1.82) is 0 Å². The van der Waals surface area contributed by atoms with E-state index in [1.165, 1.54) is 5.56 Å². The summed E-state index contributed by atoms with van der Waals surface area (Å²) in [6.07, 6.45) is 5.12. The summed E-state index contributed by atoms with van der Waals surface area (Å²) in [7, 11) is 0. The van der Waals surface area contributed by atoms with E-state index in [4.69, 9.17) is 14.5 Å². The fourth-order valence-corrected chi connectivity index (χ4v) is 3.31. The largest absolute Gasteiger partial charge is 0.462 e. The first-order valence-corrected chi connectivity index (χ1v) is 8.66. The lowest BCUT2D eigenvalue weighted by Gasteiger charge is -2.25. The van der Waals surface area contributed by atoms with Crippen LogP contribution < -0.4 is 5.32 Å². The number of benzene rings is 1. The molecule has 5 nitrogen and oxygen atoms in total. The van der Waals surface area contributed by atoms with Crippen molar-refractivity contribution in [2.45, 2.75) is 38.5 Å². The van der Waals surface area contributed by atoms with Crippen molar-refractivity contribution < 1.29 is 9.52 Å². The van der Waals surface area contributed by atoms with Crippen molar-refractivity contribution in [3.05, 3.63) is 71.4 Å². The van der Waals surface area contributed by atoms with E-state index in [1.807, 2.05) is 42.6 Å². The number of hydrogen-bond donors (Lipinski definition) is 2. The van der Waals surface area contributed by atoms with Crippen LogP contribution in [0.15, 0.2) is 53.1 Å². The molecule has 1 aromatic carbocycles. The van der Waals surface area contributed by atoms with Gasteiger partial charge in [-0.3, -0.25) is 0 Å². The minimum Gasteiger partial charge on any atom is -0.462 e. The van der Waals surface area contributed by atoms with E-state index in [-0.39, 0.29) is 12.6 Å². The molecule has 0 spiro atoms. The summed E-state index contributed by atoms with van der Waals surface area (Å²) < 4.78 is 5.55. The van der Waals surface area contributed by atoms with Crippen LogP contribution in [0.5, 0.6) is 0 Å². The molecule has 128 valence electrons. The minimum absolute atomic E-state index is 0.0671. The summed E-state index contributed by atoms with van der Waals surface area (Å²) in [5, 5.41) is 12.6. The molecule has 0 bridgehead atoms. The Balaban J connectivity index is 1.51. The van der Waals surface area contributed by atoms with Gasteiger partial charge in [0, 0.05) is 29.1 Å². The molecule has 0 amide bonds. The highest BCUT2D eigenvalue weighted by molar-refractivity contribution is 5.55. The number of aryl methyl sites for hydroxylation is 1. The first-order chi connectivity index (χ1) is 12.3. The normalized spacial score (nSPS) is 16.6. The molecule has 1 aliphatic rings. The summed E-state index contributed by atoms with van der Waals surface area (Å²) >= 11 is 0. The van der Waals surface area contributed by atoms with Crippen molar-refractivity contribution in [3.8, 4) is 11.4 Å². The van der Waals surface area contributed by atoms with Crippen LogP contribution in [0.1, 0.15) is 41.7 Å². The Morgan fingerprint density at radius 1 is 1.12 bits per heavy atom. The van der Waals surface area contributed by atoms with Gasteiger partial charge in [-0.15, -0.1) is 0 Å². The highest BCUT2D eigenvalue weighted by Crippen LogP contribution is 2.30. The van der Waals surface area contributed by atoms with Crippen LogP contribution in [0.25, 0.3) is 11.4 Å². The monoisotopic (exact) mass is 335 g/mol. The molecule has 4 rings (SSSR count). The molecule has 0 aliphatic heterocycles. The van der Waals surface area contributed by atoms with Gasteiger partial charge < -0.3 is 14.8 Å². The molecule has 1 aliphatic carbocycles. The third kappa shape index (κ3) is 3.48. The van der Waals surface area contributed by atoms with Gasteiger partial charge in [0.2, 0.25) is 0 Å². The van der Waals surface area contributed by atoms with Crippen LogP contribution in [0.3, 0.4) is 0 Å². The number of hydrogen-bond acceptors (Lipinski definition) is 5. The molecule has 2 N–H and O–H groups in total. The summed E-state index contributed by atoms with van der Waals surface area (Å²) in [5.41, 5.74) is 3.36. The van der Waals surface area contributed by atoms with E-state index in [2.05, 4.69) is 10.3 Å². The smallest absolute Gasteiger partial charge is 0.159 e. The lowest BCUT2D eigenvalue weighted by atomic mass is 9.92. The van der Waals surface area contributed by atoms with E-state index in [0.29, 0.717) is 12.3 Å². The lowest BCUT2D eigenvalue weighted by Crippen LogP contribution is -2.25. The Morgan fingerprint density at radius 3 is 2.76 bits per heavy atom. The number of nitrogens with one attached hydrogen (secondary N) is 1. The molecule has 0 radical (unpaired) electrons. The molecule has 0 fully saturated rings. The fourth-order valence-electron chi connectivity index (χ4n) is 3.31. The van der Waals surface area contributed by atoms with E-state index in [0.717, 1.165) is 42.1 Å². The van der Waals surface area contributed by atoms with Gasteiger partial charge in [-0.05, 0) is 31.4 Å². The SMILES string of the molecule is OCc1ccc(CNC2CCCc3nc(-c4ccccc4)ncc32)o1. The quantitative estimate of drug-likeness (QED) is 0.748. The Kier molecular flexibility index (Phi) is 4.59. The average molecular weight is 335 g/mol. The third-order valence-electron chi connectivity index (χ3n) is 4.61. The molecule has 2 aromatic heterocycles. The number of furan rings is 1. The molecule has 2 heterocycles. The maximum atomic E-state index is 9.09. The number of aliphatic hydroxyl groups excluding tert-OH is 1. The summed E-state index contributed by atoms with van der Waals surface area (Å²) in [6.45, 7) is 0.562. The molecular weight excluding hydrogens is 314 g/mol. The number of fused-ring (bicyclic) bond motifs is 1. The predicted octanol–water partition coefficient (Wildman–Crippen LogP) is 3.40. The van der Waals surface area contributed by atoms with Crippen LogP contribution in [-0.4, -0.2) is 15.1 Å². The van der Waals surface area contributed by atoms with Crippen LogP contribution in [-0.2, 0) is 19.6 Å². The van der Waals surface area contributed by atoms with Crippen molar-refractivity contribution in [1.82, 2.24) is 15.3 Å². The van der Waals surface area contributed by atoms with Gasteiger partial charge in [-0.1, -0.05) is 30.3 Å². The van der Waals surface area contributed by atoms with Crippen LogP contribution in [0.4, 0.5) is 0 Å². The van der Waals surface area contributed by atoms with Crippen molar-refractivity contribution >= 4 is 0 Å². The maximum absolute atomic E-state index is 9.09. The highest BCUT2D eigenvalue weighted by Gasteiger charge is 2.22. The summed E-state index contributed by atoms with van der Waals surface area (Å²) in [6, 6.07) is 14.0. The zero-order chi connectivity index (χ0) is 17.1. The van der Waals surface area contributed by atoms with Crippen LogP contribution in [0, 0.1) is 0 Å². The molecule has 1 atom stereocenters. The molecule has 25 heavy (non-hydrogen) atoms. The van der Waals surface area contributed by atoms with Crippen LogP contribution in [0.2, 0.25) is 0 Å². The third-order valence-corrected chi connectivity index (χ3v) is 4.61. The summed E-state index contributed by atoms with van der Waals surface area (Å²) in [4.78, 5) is 9.38. The van der Waals surface area contributed by atoms with Crippen molar-refractivity contribution in [2.75, 3.05) is 0 Å². The highest BCUT2D eigenvalue weighted by atomic mass is 16.4. The van der Waals surface area contributed by atoms with Crippen molar-refractivity contribution in [3.63, 3.8) is 0 Å². The van der Waals surface area contributed by atoms with Gasteiger partial charge in [0.05, 0.1) is 6.54 Å². The molecule has 5 heteroatoms. The Labute approximate surface area is 146 Å². The number of aliphatic hydroxyl groups is 1.